The number of H-pyrrole nitrogens is 1. The molecule has 124 valence electrons. The standard InChI is InChI=1S/C19H13NO3S2/c21-18-14-13(11-8-4-5-9-12(11)23-18)16-17(20-19(22)25-16)24-15(14)10-6-2-1-3-7-10/h1-9,13-15H,(H,20,22)/t13-,14-,15+/m0/s1. The Morgan fingerprint density at radius 1 is 0.960 bits per heavy atom. The number of carbonyl (C=O) groups is 1. The number of ether oxygens (including phenoxy) is 1. The molecule has 3 heterocycles. The molecule has 0 saturated carbocycles. The molecule has 25 heavy (non-hydrogen) atoms. The highest BCUT2D eigenvalue weighted by molar-refractivity contribution is 7.99. The van der Waals surface area contributed by atoms with Gasteiger partial charge in [0.05, 0.1) is 16.2 Å². The van der Waals surface area contributed by atoms with Gasteiger partial charge in [-0.2, -0.15) is 0 Å². The summed E-state index contributed by atoms with van der Waals surface area (Å²) in [7, 11) is 0. The first-order valence-electron chi connectivity index (χ1n) is 7.97. The molecule has 1 N–H and O–H groups in total. The lowest BCUT2D eigenvalue weighted by atomic mass is 9.78. The van der Waals surface area contributed by atoms with Crippen LogP contribution in [0, 0.1) is 5.92 Å². The van der Waals surface area contributed by atoms with Gasteiger partial charge in [0.15, 0.2) is 0 Å². The number of carbonyl (C=O) groups excluding carboxylic acids is 1. The lowest BCUT2D eigenvalue weighted by Gasteiger charge is -2.39. The van der Waals surface area contributed by atoms with Gasteiger partial charge in [-0.05, 0) is 11.6 Å². The monoisotopic (exact) mass is 367 g/mol. The zero-order valence-electron chi connectivity index (χ0n) is 13.0. The molecule has 0 amide bonds. The first-order valence-corrected chi connectivity index (χ1v) is 9.67. The highest BCUT2D eigenvalue weighted by Gasteiger charge is 2.49. The van der Waals surface area contributed by atoms with Crippen LogP contribution >= 0.6 is 23.1 Å². The summed E-state index contributed by atoms with van der Waals surface area (Å²) in [4.78, 5) is 28.7. The van der Waals surface area contributed by atoms with Crippen LogP contribution in [0.1, 0.15) is 27.2 Å². The van der Waals surface area contributed by atoms with Gasteiger partial charge in [-0.25, -0.2) is 0 Å². The molecule has 3 atom stereocenters. The Hall–Kier alpha value is -2.31. The van der Waals surface area contributed by atoms with E-state index in [0.717, 1.165) is 21.0 Å². The number of benzene rings is 2. The fraction of sp³-hybridized carbons (Fsp3) is 0.158. The molecule has 0 radical (unpaired) electrons. The fourth-order valence-electron chi connectivity index (χ4n) is 3.68. The molecule has 5 rings (SSSR count). The van der Waals surface area contributed by atoms with E-state index in [1.807, 2.05) is 54.6 Å². The quantitative estimate of drug-likeness (QED) is 0.523. The third-order valence-corrected chi connectivity index (χ3v) is 7.19. The van der Waals surface area contributed by atoms with Gasteiger partial charge in [-0.3, -0.25) is 9.59 Å². The minimum atomic E-state index is -0.346. The second kappa shape index (κ2) is 5.61. The third kappa shape index (κ3) is 2.28. The van der Waals surface area contributed by atoms with Crippen LogP contribution in [0.15, 0.2) is 64.4 Å². The Morgan fingerprint density at radius 2 is 1.72 bits per heavy atom. The molecular formula is C19H13NO3S2. The molecule has 2 aliphatic heterocycles. The highest BCUT2D eigenvalue weighted by Crippen LogP contribution is 2.58. The Bertz CT molecular complexity index is 1020. The zero-order chi connectivity index (χ0) is 17.0. The van der Waals surface area contributed by atoms with Crippen molar-refractivity contribution in [2.24, 2.45) is 5.92 Å². The van der Waals surface area contributed by atoms with Crippen LogP contribution < -0.4 is 9.61 Å². The van der Waals surface area contributed by atoms with Crippen LogP contribution in [0.3, 0.4) is 0 Å². The maximum absolute atomic E-state index is 12.9. The minimum absolute atomic E-state index is 0.0821. The van der Waals surface area contributed by atoms with Crippen molar-refractivity contribution in [2.75, 3.05) is 0 Å². The van der Waals surface area contributed by atoms with Gasteiger partial charge in [-0.15, -0.1) is 0 Å². The number of hydrogen-bond acceptors (Lipinski definition) is 5. The summed E-state index contributed by atoms with van der Waals surface area (Å²) in [5, 5.41) is 0.777. The Balaban J connectivity index is 1.75. The number of thioether (sulfide) groups is 1. The molecule has 0 spiro atoms. The molecule has 0 saturated heterocycles. The SMILES string of the molecule is O=C1Oc2ccccc2[C@@H]2c3sc(=O)[nH]c3S[C@H](c3ccccc3)[C@@H]12. The van der Waals surface area contributed by atoms with Gasteiger partial charge in [-0.1, -0.05) is 71.6 Å². The van der Waals surface area contributed by atoms with Gasteiger partial charge in [0.2, 0.25) is 0 Å². The molecule has 0 aliphatic carbocycles. The molecule has 0 fully saturated rings. The number of aromatic amines is 1. The molecule has 6 heteroatoms. The third-order valence-electron chi connectivity index (χ3n) is 4.72. The molecule has 1 aromatic heterocycles. The van der Waals surface area contributed by atoms with Crippen molar-refractivity contribution in [1.82, 2.24) is 4.98 Å². The highest BCUT2D eigenvalue weighted by atomic mass is 32.2. The van der Waals surface area contributed by atoms with Crippen LogP contribution in [-0.2, 0) is 4.79 Å². The predicted molar refractivity (Wildman–Crippen MR) is 97.4 cm³/mol. The van der Waals surface area contributed by atoms with Crippen LogP contribution in [0.2, 0.25) is 0 Å². The first kappa shape index (κ1) is 15.0. The van der Waals surface area contributed by atoms with Gasteiger partial charge in [0.25, 0.3) is 0 Å². The van der Waals surface area contributed by atoms with E-state index in [2.05, 4.69) is 4.98 Å². The van der Waals surface area contributed by atoms with E-state index < -0.39 is 0 Å². The average Bonchev–Trinajstić information content (AvgIpc) is 3.01. The van der Waals surface area contributed by atoms with E-state index in [1.54, 1.807) is 11.8 Å². The predicted octanol–water partition coefficient (Wildman–Crippen LogP) is 3.95. The summed E-state index contributed by atoms with van der Waals surface area (Å²) < 4.78 is 5.64. The maximum Gasteiger partial charge on any atom is 0.316 e. The number of fused-ring (bicyclic) bond motifs is 5. The Kier molecular flexibility index (Phi) is 3.36. The number of aromatic nitrogens is 1. The number of nitrogens with one attached hydrogen (secondary N) is 1. The van der Waals surface area contributed by atoms with Crippen LogP contribution in [0.5, 0.6) is 5.75 Å². The van der Waals surface area contributed by atoms with E-state index in [-0.39, 0.29) is 27.9 Å². The average molecular weight is 367 g/mol. The van der Waals surface area contributed by atoms with E-state index in [1.165, 1.54) is 11.3 Å². The van der Waals surface area contributed by atoms with E-state index in [9.17, 15) is 9.59 Å². The molecule has 3 aromatic rings. The topological polar surface area (TPSA) is 59.2 Å². The van der Waals surface area contributed by atoms with Crippen molar-refractivity contribution in [3.63, 3.8) is 0 Å². The second-order valence-corrected chi connectivity index (χ2v) is 8.29. The number of esters is 1. The number of hydrogen-bond donors (Lipinski definition) is 1. The van der Waals surface area contributed by atoms with Gasteiger partial charge >= 0.3 is 10.8 Å². The van der Waals surface area contributed by atoms with Crippen molar-refractivity contribution < 1.29 is 9.53 Å². The normalized spacial score (nSPS) is 24.0. The number of para-hydroxylation sites is 1. The molecule has 2 aromatic carbocycles. The summed E-state index contributed by atoms with van der Waals surface area (Å²) >= 11 is 2.75. The van der Waals surface area contributed by atoms with Crippen molar-refractivity contribution in [2.45, 2.75) is 16.2 Å². The second-order valence-electron chi connectivity index (χ2n) is 6.12. The smallest absolute Gasteiger partial charge is 0.316 e. The van der Waals surface area contributed by atoms with Crippen LogP contribution in [0.25, 0.3) is 0 Å². The van der Waals surface area contributed by atoms with E-state index >= 15 is 0 Å². The van der Waals surface area contributed by atoms with Crippen molar-refractivity contribution in [1.29, 1.82) is 0 Å². The molecular weight excluding hydrogens is 354 g/mol. The zero-order valence-corrected chi connectivity index (χ0v) is 14.6. The molecule has 0 bridgehead atoms. The molecule has 0 unspecified atom stereocenters. The summed E-state index contributed by atoms with van der Waals surface area (Å²) in [6.07, 6.45) is 0. The Morgan fingerprint density at radius 3 is 2.56 bits per heavy atom. The lowest BCUT2D eigenvalue weighted by molar-refractivity contribution is -0.140. The van der Waals surface area contributed by atoms with Crippen molar-refractivity contribution in [3.8, 4) is 5.75 Å². The Labute approximate surface area is 151 Å². The maximum atomic E-state index is 12.9. The summed E-state index contributed by atoms with van der Waals surface area (Å²) in [6, 6.07) is 17.6. The van der Waals surface area contributed by atoms with E-state index in [0.29, 0.717) is 5.75 Å². The van der Waals surface area contributed by atoms with Gasteiger partial charge in [0, 0.05) is 16.4 Å². The summed E-state index contributed by atoms with van der Waals surface area (Å²) in [5.41, 5.74) is 2.04. The summed E-state index contributed by atoms with van der Waals surface area (Å²) in [5.74, 6) is -0.125. The minimum Gasteiger partial charge on any atom is -0.426 e. The van der Waals surface area contributed by atoms with Crippen LogP contribution in [-0.4, -0.2) is 11.0 Å². The number of rotatable bonds is 1. The first-order chi connectivity index (χ1) is 12.2. The van der Waals surface area contributed by atoms with Crippen LogP contribution in [0.4, 0.5) is 0 Å². The van der Waals surface area contributed by atoms with Crippen molar-refractivity contribution in [3.05, 3.63) is 80.3 Å². The molecule has 4 nitrogen and oxygen atoms in total. The van der Waals surface area contributed by atoms with Crippen molar-refractivity contribution >= 4 is 29.1 Å². The van der Waals surface area contributed by atoms with E-state index in [4.69, 9.17) is 4.74 Å². The fourth-order valence-corrected chi connectivity index (χ4v) is 6.26. The van der Waals surface area contributed by atoms with Gasteiger partial charge < -0.3 is 9.72 Å². The lowest BCUT2D eigenvalue weighted by Crippen LogP contribution is -2.37. The van der Waals surface area contributed by atoms with Gasteiger partial charge in [0.1, 0.15) is 5.75 Å². The summed E-state index contributed by atoms with van der Waals surface area (Å²) in [6.45, 7) is 0. The largest absolute Gasteiger partial charge is 0.426 e. The number of thiazole rings is 1. The molecule has 2 aliphatic rings.